The van der Waals surface area contributed by atoms with E-state index < -0.39 is 5.97 Å². The fraction of sp³-hybridized carbons (Fsp3) is 0.895. The second-order valence-electron chi connectivity index (χ2n) is 12.8. The van der Waals surface area contributed by atoms with E-state index in [0.29, 0.717) is 12.8 Å². The summed E-state index contributed by atoms with van der Waals surface area (Å²) in [7, 11) is 0. The molecule has 0 saturated carbocycles. The number of hydrogen-bond acceptors (Lipinski definition) is 3. The minimum Gasteiger partial charge on any atom is -0.481 e. The number of carboxylic acid groups (broad SMARTS) is 1. The van der Waals surface area contributed by atoms with E-state index in [-0.39, 0.29) is 12.1 Å². The van der Waals surface area contributed by atoms with Gasteiger partial charge in [0.2, 0.25) is 0 Å². The molecule has 0 spiro atoms. The quantitative estimate of drug-likeness (QED) is 0.0458. The van der Waals surface area contributed by atoms with Crippen molar-refractivity contribution >= 4 is 11.9 Å². The molecule has 0 saturated heterocycles. The van der Waals surface area contributed by atoms with Crippen molar-refractivity contribution in [3.8, 4) is 0 Å². The first-order valence-corrected chi connectivity index (χ1v) is 18.7. The van der Waals surface area contributed by atoms with Crippen LogP contribution in [-0.2, 0) is 14.3 Å². The molecular weight excluding hydrogens is 520 g/mol. The molecule has 0 fully saturated rings. The van der Waals surface area contributed by atoms with Gasteiger partial charge in [-0.15, -0.1) is 0 Å². The van der Waals surface area contributed by atoms with Crippen molar-refractivity contribution in [2.75, 3.05) is 0 Å². The summed E-state index contributed by atoms with van der Waals surface area (Å²) < 4.78 is 5.95. The zero-order valence-corrected chi connectivity index (χ0v) is 28.3. The zero-order valence-electron chi connectivity index (χ0n) is 28.3. The monoisotopic (exact) mass is 593 g/mol. The SMILES string of the molecule is CCCC/C=C\CCCCCCCC(=O)OC(CCCCC)CCCCCCCCCCCCCCCCCC(=O)O. The summed E-state index contributed by atoms with van der Waals surface area (Å²) in [4.78, 5) is 23.0. The van der Waals surface area contributed by atoms with Gasteiger partial charge in [-0.3, -0.25) is 9.59 Å². The maximum atomic E-state index is 12.5. The number of carboxylic acids is 1. The van der Waals surface area contributed by atoms with E-state index in [2.05, 4.69) is 26.0 Å². The molecule has 0 aromatic rings. The van der Waals surface area contributed by atoms with E-state index in [1.165, 1.54) is 148 Å². The van der Waals surface area contributed by atoms with Gasteiger partial charge in [-0.25, -0.2) is 0 Å². The summed E-state index contributed by atoms with van der Waals surface area (Å²) in [6.45, 7) is 4.48. The Labute approximate surface area is 262 Å². The van der Waals surface area contributed by atoms with Crippen molar-refractivity contribution in [1.29, 1.82) is 0 Å². The third-order valence-corrected chi connectivity index (χ3v) is 8.49. The fourth-order valence-corrected chi connectivity index (χ4v) is 5.69. The summed E-state index contributed by atoms with van der Waals surface area (Å²) >= 11 is 0. The minimum absolute atomic E-state index is 0.0334. The second-order valence-corrected chi connectivity index (χ2v) is 12.8. The molecular formula is C38H72O4. The van der Waals surface area contributed by atoms with Gasteiger partial charge in [0.1, 0.15) is 6.10 Å². The molecule has 248 valence electrons. The van der Waals surface area contributed by atoms with Crippen molar-refractivity contribution < 1.29 is 19.4 Å². The van der Waals surface area contributed by atoms with E-state index in [1.54, 1.807) is 0 Å². The van der Waals surface area contributed by atoms with Crippen LogP contribution in [0.3, 0.4) is 0 Å². The molecule has 1 unspecified atom stereocenters. The Morgan fingerprint density at radius 2 is 0.881 bits per heavy atom. The van der Waals surface area contributed by atoms with Crippen molar-refractivity contribution in [2.45, 2.75) is 219 Å². The van der Waals surface area contributed by atoms with Crippen molar-refractivity contribution in [2.24, 2.45) is 0 Å². The number of carbonyl (C=O) groups excluding carboxylic acids is 1. The summed E-state index contributed by atoms with van der Waals surface area (Å²) in [5.41, 5.74) is 0. The Hall–Kier alpha value is -1.32. The average molecular weight is 593 g/mol. The lowest BCUT2D eigenvalue weighted by atomic mass is 10.0. The molecule has 0 aromatic carbocycles. The highest BCUT2D eigenvalue weighted by atomic mass is 16.5. The number of unbranched alkanes of at least 4 members (excludes halogenated alkanes) is 23. The Kier molecular flexibility index (Phi) is 33.1. The first-order valence-electron chi connectivity index (χ1n) is 18.7. The van der Waals surface area contributed by atoms with Gasteiger partial charge in [0.15, 0.2) is 0 Å². The van der Waals surface area contributed by atoms with Crippen LogP contribution >= 0.6 is 0 Å². The number of aliphatic carboxylic acids is 1. The van der Waals surface area contributed by atoms with Crippen LogP contribution in [0, 0.1) is 0 Å². The predicted molar refractivity (Wildman–Crippen MR) is 181 cm³/mol. The molecule has 0 amide bonds. The number of ether oxygens (including phenoxy) is 1. The topological polar surface area (TPSA) is 63.6 Å². The molecule has 1 N–H and O–H groups in total. The summed E-state index contributed by atoms with van der Waals surface area (Å²) in [5, 5.41) is 8.66. The Bertz CT molecular complexity index is 600. The van der Waals surface area contributed by atoms with E-state index in [9.17, 15) is 9.59 Å². The summed E-state index contributed by atoms with van der Waals surface area (Å²) in [5.74, 6) is -0.631. The Morgan fingerprint density at radius 3 is 1.36 bits per heavy atom. The molecule has 0 aliphatic rings. The van der Waals surface area contributed by atoms with Crippen LogP contribution < -0.4 is 0 Å². The summed E-state index contributed by atoms with van der Waals surface area (Å²) in [6, 6.07) is 0. The van der Waals surface area contributed by atoms with E-state index in [4.69, 9.17) is 9.84 Å². The zero-order chi connectivity index (χ0) is 30.8. The highest BCUT2D eigenvalue weighted by Gasteiger charge is 2.14. The molecule has 0 aliphatic heterocycles. The smallest absolute Gasteiger partial charge is 0.306 e. The van der Waals surface area contributed by atoms with Crippen LogP contribution in [0.15, 0.2) is 12.2 Å². The normalized spacial score (nSPS) is 12.2. The van der Waals surface area contributed by atoms with Gasteiger partial charge in [0, 0.05) is 12.8 Å². The number of rotatable bonds is 34. The first kappa shape index (κ1) is 40.7. The van der Waals surface area contributed by atoms with Crippen molar-refractivity contribution in [1.82, 2.24) is 0 Å². The van der Waals surface area contributed by atoms with Gasteiger partial charge in [0.05, 0.1) is 0 Å². The Balaban J connectivity index is 3.70. The fourth-order valence-electron chi connectivity index (χ4n) is 5.69. The number of allylic oxidation sites excluding steroid dienone is 2. The number of esters is 1. The predicted octanol–water partition coefficient (Wildman–Crippen LogP) is 12.7. The van der Waals surface area contributed by atoms with Crippen LogP contribution in [-0.4, -0.2) is 23.1 Å². The van der Waals surface area contributed by atoms with Crippen molar-refractivity contribution in [3.05, 3.63) is 12.2 Å². The van der Waals surface area contributed by atoms with Gasteiger partial charge < -0.3 is 9.84 Å². The van der Waals surface area contributed by atoms with Crippen LogP contribution in [0.1, 0.15) is 213 Å². The molecule has 4 heteroatoms. The van der Waals surface area contributed by atoms with Gasteiger partial charge >= 0.3 is 11.9 Å². The standard InChI is InChI=1S/C38H72O4/c1-3-5-7-8-9-10-16-21-24-27-31-35-38(41)42-36(32-28-6-4-2)33-29-25-22-19-17-14-12-11-13-15-18-20-23-26-30-34-37(39)40/h8-9,36H,3-7,10-35H2,1-2H3,(H,39,40)/b9-8-. The third-order valence-electron chi connectivity index (χ3n) is 8.49. The first-order chi connectivity index (χ1) is 20.6. The van der Waals surface area contributed by atoms with Crippen molar-refractivity contribution in [3.63, 3.8) is 0 Å². The maximum absolute atomic E-state index is 12.5. The minimum atomic E-state index is -0.664. The number of hydrogen-bond donors (Lipinski definition) is 1. The lowest BCUT2D eigenvalue weighted by Crippen LogP contribution is -2.18. The second kappa shape index (κ2) is 34.2. The summed E-state index contributed by atoms with van der Waals surface area (Å²) in [6.07, 6.45) is 41.2. The lowest BCUT2D eigenvalue weighted by molar-refractivity contribution is -0.150. The molecule has 0 aromatic heterocycles. The van der Waals surface area contributed by atoms with Crippen LogP contribution in [0.5, 0.6) is 0 Å². The van der Waals surface area contributed by atoms with E-state index in [0.717, 1.165) is 38.5 Å². The van der Waals surface area contributed by atoms with Crippen LogP contribution in [0.4, 0.5) is 0 Å². The highest BCUT2D eigenvalue weighted by Crippen LogP contribution is 2.18. The van der Waals surface area contributed by atoms with Gasteiger partial charge in [0.25, 0.3) is 0 Å². The van der Waals surface area contributed by atoms with Gasteiger partial charge in [-0.2, -0.15) is 0 Å². The largest absolute Gasteiger partial charge is 0.481 e. The molecule has 1 atom stereocenters. The third kappa shape index (κ3) is 33.2. The van der Waals surface area contributed by atoms with Crippen LogP contribution in [0.2, 0.25) is 0 Å². The molecule has 42 heavy (non-hydrogen) atoms. The lowest BCUT2D eigenvalue weighted by Gasteiger charge is -2.18. The highest BCUT2D eigenvalue weighted by molar-refractivity contribution is 5.69. The van der Waals surface area contributed by atoms with Gasteiger partial charge in [-0.05, 0) is 57.8 Å². The van der Waals surface area contributed by atoms with Crippen LogP contribution in [0.25, 0.3) is 0 Å². The number of carbonyl (C=O) groups is 2. The molecule has 4 nitrogen and oxygen atoms in total. The molecule has 0 aliphatic carbocycles. The molecule has 0 radical (unpaired) electrons. The van der Waals surface area contributed by atoms with Gasteiger partial charge in [-0.1, -0.05) is 154 Å². The average Bonchev–Trinajstić information content (AvgIpc) is 2.97. The molecule has 0 bridgehead atoms. The molecule has 0 rings (SSSR count). The van der Waals surface area contributed by atoms with E-state index >= 15 is 0 Å². The van der Waals surface area contributed by atoms with E-state index in [1.807, 2.05) is 0 Å². The Morgan fingerprint density at radius 1 is 0.500 bits per heavy atom. The maximum Gasteiger partial charge on any atom is 0.306 e. The molecule has 0 heterocycles.